The van der Waals surface area contributed by atoms with Gasteiger partial charge in [-0.05, 0) is 38.4 Å². The number of hydrogen-bond donors (Lipinski definition) is 2. The Kier molecular flexibility index (Phi) is 4.37. The van der Waals surface area contributed by atoms with Crippen LogP contribution in [0.15, 0.2) is 18.3 Å². The molecule has 1 aliphatic heterocycles. The minimum absolute atomic E-state index is 0.0215. The number of hydrogen-bond acceptors (Lipinski definition) is 4. The van der Waals surface area contributed by atoms with Gasteiger partial charge in [0.05, 0.1) is 5.56 Å². The fraction of sp³-hybridized carbons (Fsp3) is 0.571. The van der Waals surface area contributed by atoms with Crippen LogP contribution in [0.3, 0.4) is 0 Å². The number of amides is 1. The van der Waals surface area contributed by atoms with E-state index in [9.17, 15) is 4.79 Å². The monoisotopic (exact) mass is 262 g/mol. The molecule has 2 unspecified atom stereocenters. The summed E-state index contributed by atoms with van der Waals surface area (Å²) in [7, 11) is 3.48. The maximum absolute atomic E-state index is 11.8. The normalized spacial score (nSPS) is 22.9. The highest BCUT2D eigenvalue weighted by Gasteiger charge is 2.20. The number of carbonyl (C=O) groups excluding carboxylic acids is 1. The summed E-state index contributed by atoms with van der Waals surface area (Å²) in [6, 6.07) is 4.53. The first-order chi connectivity index (χ1) is 9.08. The van der Waals surface area contributed by atoms with E-state index in [2.05, 4.69) is 22.5 Å². The Labute approximate surface area is 114 Å². The number of piperidine rings is 1. The number of pyridine rings is 1. The first-order valence-electron chi connectivity index (χ1n) is 6.75. The lowest BCUT2D eigenvalue weighted by atomic mass is 10.00. The van der Waals surface area contributed by atoms with Gasteiger partial charge in [-0.1, -0.05) is 0 Å². The van der Waals surface area contributed by atoms with Gasteiger partial charge < -0.3 is 15.5 Å². The quantitative estimate of drug-likeness (QED) is 0.863. The molecule has 5 heteroatoms. The van der Waals surface area contributed by atoms with E-state index < -0.39 is 0 Å². The van der Waals surface area contributed by atoms with Gasteiger partial charge in [0.1, 0.15) is 5.82 Å². The summed E-state index contributed by atoms with van der Waals surface area (Å²) in [5.74, 6) is 0.808. The van der Waals surface area contributed by atoms with Gasteiger partial charge in [0, 0.05) is 32.4 Å². The van der Waals surface area contributed by atoms with Crippen molar-refractivity contribution in [3.05, 3.63) is 23.9 Å². The second-order valence-electron chi connectivity index (χ2n) is 5.27. The maximum Gasteiger partial charge on any atom is 0.254 e. The molecule has 1 saturated heterocycles. The molecular weight excluding hydrogens is 240 g/mol. The van der Waals surface area contributed by atoms with Crippen LogP contribution in [0.5, 0.6) is 0 Å². The fourth-order valence-corrected chi connectivity index (χ4v) is 2.30. The van der Waals surface area contributed by atoms with Crippen LogP contribution in [0.2, 0.25) is 0 Å². The van der Waals surface area contributed by atoms with Gasteiger partial charge in [0.2, 0.25) is 0 Å². The molecule has 5 nitrogen and oxygen atoms in total. The van der Waals surface area contributed by atoms with Gasteiger partial charge in [-0.25, -0.2) is 4.98 Å². The Balaban J connectivity index is 2.00. The predicted molar refractivity (Wildman–Crippen MR) is 76.4 cm³/mol. The van der Waals surface area contributed by atoms with Crippen LogP contribution >= 0.6 is 0 Å². The van der Waals surface area contributed by atoms with E-state index in [0.717, 1.165) is 18.8 Å². The van der Waals surface area contributed by atoms with Gasteiger partial charge in [-0.3, -0.25) is 4.79 Å². The van der Waals surface area contributed by atoms with E-state index in [-0.39, 0.29) is 5.91 Å². The fourth-order valence-electron chi connectivity index (χ4n) is 2.30. The average molecular weight is 262 g/mol. The Morgan fingerprint density at radius 2 is 2.26 bits per heavy atom. The predicted octanol–water partition coefficient (Wildman–Crippen LogP) is 1.34. The molecule has 1 aromatic heterocycles. The number of aromatic nitrogens is 1. The van der Waals surface area contributed by atoms with E-state index in [0.29, 0.717) is 17.6 Å². The largest absolute Gasteiger partial charge is 0.366 e. The van der Waals surface area contributed by atoms with Crippen LogP contribution < -0.4 is 10.6 Å². The highest BCUT2D eigenvalue weighted by molar-refractivity contribution is 5.93. The van der Waals surface area contributed by atoms with E-state index >= 15 is 0 Å². The number of rotatable bonds is 3. The molecule has 0 aliphatic carbocycles. The van der Waals surface area contributed by atoms with Crippen molar-refractivity contribution >= 4 is 11.7 Å². The van der Waals surface area contributed by atoms with Crippen molar-refractivity contribution in [3.8, 4) is 0 Å². The zero-order chi connectivity index (χ0) is 13.8. The van der Waals surface area contributed by atoms with Gasteiger partial charge in [-0.15, -0.1) is 0 Å². The van der Waals surface area contributed by atoms with Crippen LogP contribution in [0.25, 0.3) is 0 Å². The van der Waals surface area contributed by atoms with Crippen molar-refractivity contribution in [2.24, 2.45) is 0 Å². The zero-order valence-electron chi connectivity index (χ0n) is 11.8. The van der Waals surface area contributed by atoms with Gasteiger partial charge >= 0.3 is 0 Å². The molecule has 104 valence electrons. The third-order valence-electron chi connectivity index (χ3n) is 3.51. The van der Waals surface area contributed by atoms with E-state index in [4.69, 9.17) is 0 Å². The summed E-state index contributed by atoms with van der Waals surface area (Å²) in [6.07, 6.45) is 3.96. The standard InChI is InChI=1S/C14H22N4O/c1-10-12(5-4-8-15-10)17-13-7-6-11(9-16-13)14(19)18(2)3/h6-7,9-10,12,15H,4-5,8H2,1-3H3,(H,16,17). The van der Waals surface area contributed by atoms with Crippen LogP contribution in [-0.2, 0) is 0 Å². The molecule has 1 amide bonds. The second kappa shape index (κ2) is 6.02. The third kappa shape index (κ3) is 3.44. The number of anilines is 1. The zero-order valence-corrected chi connectivity index (χ0v) is 11.8. The van der Waals surface area contributed by atoms with Crippen molar-refractivity contribution in [2.75, 3.05) is 26.0 Å². The second-order valence-corrected chi connectivity index (χ2v) is 5.27. The molecular formula is C14H22N4O. The van der Waals surface area contributed by atoms with Gasteiger partial charge in [0.25, 0.3) is 5.91 Å². The minimum atomic E-state index is -0.0215. The van der Waals surface area contributed by atoms with Gasteiger partial charge in [0.15, 0.2) is 0 Å². The molecule has 1 aliphatic rings. The van der Waals surface area contributed by atoms with Crippen molar-refractivity contribution in [3.63, 3.8) is 0 Å². The molecule has 1 fully saturated rings. The summed E-state index contributed by atoms with van der Waals surface area (Å²) < 4.78 is 0. The third-order valence-corrected chi connectivity index (χ3v) is 3.51. The lowest BCUT2D eigenvalue weighted by Gasteiger charge is -2.31. The lowest BCUT2D eigenvalue weighted by molar-refractivity contribution is 0.0827. The van der Waals surface area contributed by atoms with Crippen molar-refractivity contribution in [1.29, 1.82) is 0 Å². The molecule has 0 bridgehead atoms. The molecule has 2 N–H and O–H groups in total. The van der Waals surface area contributed by atoms with Crippen LogP contribution in [0, 0.1) is 0 Å². The molecule has 19 heavy (non-hydrogen) atoms. The SMILES string of the molecule is CC1NCCCC1Nc1ccc(C(=O)N(C)C)cn1. The maximum atomic E-state index is 11.8. The Hall–Kier alpha value is -1.62. The highest BCUT2D eigenvalue weighted by Crippen LogP contribution is 2.15. The molecule has 2 rings (SSSR count). The smallest absolute Gasteiger partial charge is 0.254 e. The van der Waals surface area contributed by atoms with Crippen LogP contribution in [0.1, 0.15) is 30.1 Å². The van der Waals surface area contributed by atoms with Crippen LogP contribution in [-0.4, -0.2) is 48.5 Å². The Morgan fingerprint density at radius 3 is 2.84 bits per heavy atom. The highest BCUT2D eigenvalue weighted by atomic mass is 16.2. The number of nitrogens with one attached hydrogen (secondary N) is 2. The van der Waals surface area contributed by atoms with E-state index in [1.54, 1.807) is 25.2 Å². The van der Waals surface area contributed by atoms with Crippen LogP contribution in [0.4, 0.5) is 5.82 Å². The Morgan fingerprint density at radius 1 is 1.47 bits per heavy atom. The average Bonchev–Trinajstić information content (AvgIpc) is 2.41. The molecule has 0 spiro atoms. The summed E-state index contributed by atoms with van der Waals surface area (Å²) in [5.41, 5.74) is 0.616. The number of carbonyl (C=O) groups is 1. The summed E-state index contributed by atoms with van der Waals surface area (Å²) in [4.78, 5) is 17.6. The first kappa shape index (κ1) is 13.8. The van der Waals surface area contributed by atoms with E-state index in [1.165, 1.54) is 6.42 Å². The molecule has 1 aromatic rings. The molecule has 2 atom stereocenters. The molecule has 0 aromatic carbocycles. The minimum Gasteiger partial charge on any atom is -0.366 e. The Bertz CT molecular complexity index is 430. The summed E-state index contributed by atoms with van der Waals surface area (Å²) >= 11 is 0. The first-order valence-corrected chi connectivity index (χ1v) is 6.75. The summed E-state index contributed by atoms with van der Waals surface area (Å²) in [6.45, 7) is 3.27. The number of nitrogens with zero attached hydrogens (tertiary/aromatic N) is 2. The molecule has 0 radical (unpaired) electrons. The molecule has 2 heterocycles. The van der Waals surface area contributed by atoms with Crippen molar-refractivity contribution in [2.45, 2.75) is 31.8 Å². The van der Waals surface area contributed by atoms with Crippen molar-refractivity contribution in [1.82, 2.24) is 15.2 Å². The lowest BCUT2D eigenvalue weighted by Crippen LogP contribution is -2.46. The summed E-state index contributed by atoms with van der Waals surface area (Å²) in [5, 5.41) is 6.87. The topological polar surface area (TPSA) is 57.3 Å². The molecule has 0 saturated carbocycles. The van der Waals surface area contributed by atoms with E-state index in [1.807, 2.05) is 12.1 Å². The van der Waals surface area contributed by atoms with Crippen molar-refractivity contribution < 1.29 is 4.79 Å². The van der Waals surface area contributed by atoms with Gasteiger partial charge in [-0.2, -0.15) is 0 Å².